The predicted octanol–water partition coefficient (Wildman–Crippen LogP) is 5.24. The fourth-order valence-electron chi connectivity index (χ4n) is 5.41. The van der Waals surface area contributed by atoms with Crippen molar-refractivity contribution in [2.24, 2.45) is 17.3 Å². The average molecular weight is 331 g/mol. The molecule has 2 aliphatic carbocycles. The Morgan fingerprint density at radius 3 is 2.67 bits per heavy atom. The summed E-state index contributed by atoms with van der Waals surface area (Å²) in [5.41, 5.74) is 2.63. The molecule has 0 aliphatic heterocycles. The van der Waals surface area contributed by atoms with Gasteiger partial charge in [-0.3, -0.25) is 0 Å². The Balaban J connectivity index is 1.64. The lowest BCUT2D eigenvalue weighted by atomic mass is 9.62. The molecule has 1 fully saturated rings. The first kappa shape index (κ1) is 17.8. The fraction of sp³-hybridized carbons (Fsp3) is 0.727. The number of phenolic OH excluding ortho intramolecular Hbond substituents is 1. The zero-order valence-electron chi connectivity index (χ0n) is 15.4. The van der Waals surface area contributed by atoms with Gasteiger partial charge in [0.25, 0.3) is 0 Å². The SMILES string of the molecule is CCCCCCCC[C@H]1[C@H](O)C[C@@H]2Cc3c(O)cccc3C[C@@]21C. The second kappa shape index (κ2) is 7.47. The molecule has 1 aromatic rings. The first-order chi connectivity index (χ1) is 11.6. The zero-order valence-corrected chi connectivity index (χ0v) is 15.4. The van der Waals surface area contributed by atoms with E-state index in [0.717, 1.165) is 31.2 Å². The number of hydrogen-bond acceptors (Lipinski definition) is 2. The Hall–Kier alpha value is -1.02. The van der Waals surface area contributed by atoms with Crippen LogP contribution >= 0.6 is 0 Å². The molecular weight excluding hydrogens is 296 g/mol. The van der Waals surface area contributed by atoms with E-state index in [2.05, 4.69) is 19.9 Å². The van der Waals surface area contributed by atoms with Gasteiger partial charge in [-0.15, -0.1) is 0 Å². The van der Waals surface area contributed by atoms with Gasteiger partial charge in [-0.05, 0) is 60.1 Å². The van der Waals surface area contributed by atoms with E-state index in [9.17, 15) is 10.2 Å². The summed E-state index contributed by atoms with van der Waals surface area (Å²) in [6, 6.07) is 5.94. The summed E-state index contributed by atoms with van der Waals surface area (Å²) in [6.07, 6.45) is 11.8. The van der Waals surface area contributed by atoms with Crippen molar-refractivity contribution in [3.63, 3.8) is 0 Å². The quantitative estimate of drug-likeness (QED) is 0.671. The van der Waals surface area contributed by atoms with Gasteiger partial charge in [0.05, 0.1) is 6.10 Å². The number of fused-ring (bicyclic) bond motifs is 2. The molecule has 0 amide bonds. The van der Waals surface area contributed by atoms with Crippen molar-refractivity contribution in [2.45, 2.75) is 84.2 Å². The van der Waals surface area contributed by atoms with Crippen LogP contribution in [0.4, 0.5) is 0 Å². The van der Waals surface area contributed by atoms with Crippen molar-refractivity contribution in [3.05, 3.63) is 29.3 Å². The van der Waals surface area contributed by atoms with E-state index in [4.69, 9.17) is 0 Å². The van der Waals surface area contributed by atoms with Crippen molar-refractivity contribution in [1.29, 1.82) is 0 Å². The van der Waals surface area contributed by atoms with Crippen LogP contribution in [0.2, 0.25) is 0 Å². The third-order valence-corrected chi connectivity index (χ3v) is 6.91. The van der Waals surface area contributed by atoms with Crippen LogP contribution in [-0.4, -0.2) is 16.3 Å². The Bertz CT molecular complexity index is 553. The Labute approximate surface area is 147 Å². The van der Waals surface area contributed by atoms with Crippen LogP contribution < -0.4 is 0 Å². The van der Waals surface area contributed by atoms with Crippen molar-refractivity contribution in [1.82, 2.24) is 0 Å². The number of hydrogen-bond donors (Lipinski definition) is 2. The standard InChI is InChI=1S/C22H34O2/c1-3-4-5-6-7-8-11-19-21(24)14-17-13-18-16(15-22(17,19)2)10-9-12-20(18)23/h9-10,12,17,19,21,23-24H,3-8,11,13-15H2,1-2H3/t17-,19-,21+,22-/m0/s1. The topological polar surface area (TPSA) is 40.5 Å². The molecule has 1 saturated carbocycles. The zero-order chi connectivity index (χ0) is 17.2. The third-order valence-electron chi connectivity index (χ3n) is 6.91. The maximum Gasteiger partial charge on any atom is 0.119 e. The maximum atomic E-state index is 10.7. The molecule has 0 unspecified atom stereocenters. The molecule has 0 saturated heterocycles. The smallest absolute Gasteiger partial charge is 0.119 e. The highest BCUT2D eigenvalue weighted by molar-refractivity contribution is 5.42. The summed E-state index contributed by atoms with van der Waals surface area (Å²) in [5, 5.41) is 20.9. The minimum Gasteiger partial charge on any atom is -0.508 e. The Morgan fingerprint density at radius 1 is 1.12 bits per heavy atom. The van der Waals surface area contributed by atoms with Gasteiger partial charge in [0.2, 0.25) is 0 Å². The van der Waals surface area contributed by atoms with Crippen LogP contribution in [0.25, 0.3) is 0 Å². The normalized spacial score (nSPS) is 31.7. The van der Waals surface area contributed by atoms with E-state index in [-0.39, 0.29) is 11.5 Å². The fourth-order valence-corrected chi connectivity index (χ4v) is 5.41. The molecule has 0 heterocycles. The van der Waals surface area contributed by atoms with Gasteiger partial charge in [0.15, 0.2) is 0 Å². The molecule has 2 aliphatic rings. The molecule has 4 atom stereocenters. The summed E-state index contributed by atoms with van der Waals surface area (Å²) in [4.78, 5) is 0. The van der Waals surface area contributed by atoms with Crippen LogP contribution in [0.5, 0.6) is 5.75 Å². The van der Waals surface area contributed by atoms with Gasteiger partial charge in [-0.25, -0.2) is 0 Å². The molecule has 3 rings (SSSR count). The van der Waals surface area contributed by atoms with E-state index in [1.54, 1.807) is 6.07 Å². The number of benzene rings is 1. The van der Waals surface area contributed by atoms with Gasteiger partial charge in [-0.2, -0.15) is 0 Å². The van der Waals surface area contributed by atoms with Crippen molar-refractivity contribution >= 4 is 0 Å². The largest absolute Gasteiger partial charge is 0.508 e. The van der Waals surface area contributed by atoms with Crippen molar-refractivity contribution in [2.75, 3.05) is 0 Å². The van der Waals surface area contributed by atoms with Crippen LogP contribution in [0.1, 0.15) is 76.3 Å². The van der Waals surface area contributed by atoms with Crippen molar-refractivity contribution < 1.29 is 10.2 Å². The first-order valence-electron chi connectivity index (χ1n) is 10.0. The summed E-state index contributed by atoms with van der Waals surface area (Å²) in [7, 11) is 0. The molecule has 0 radical (unpaired) electrons. The predicted molar refractivity (Wildman–Crippen MR) is 99.2 cm³/mol. The first-order valence-corrected chi connectivity index (χ1v) is 10.0. The molecule has 24 heavy (non-hydrogen) atoms. The highest BCUT2D eigenvalue weighted by Gasteiger charge is 2.52. The molecule has 2 N–H and O–H groups in total. The lowest BCUT2D eigenvalue weighted by Gasteiger charge is -2.42. The van der Waals surface area contributed by atoms with Gasteiger partial charge in [0, 0.05) is 0 Å². The van der Waals surface area contributed by atoms with E-state index < -0.39 is 0 Å². The summed E-state index contributed by atoms with van der Waals surface area (Å²) < 4.78 is 0. The summed E-state index contributed by atoms with van der Waals surface area (Å²) in [5.74, 6) is 1.38. The van der Waals surface area contributed by atoms with E-state index in [0.29, 0.717) is 17.6 Å². The van der Waals surface area contributed by atoms with Gasteiger partial charge < -0.3 is 10.2 Å². The molecule has 0 aromatic heterocycles. The van der Waals surface area contributed by atoms with Crippen molar-refractivity contribution in [3.8, 4) is 5.75 Å². The van der Waals surface area contributed by atoms with Gasteiger partial charge >= 0.3 is 0 Å². The van der Waals surface area contributed by atoms with E-state index >= 15 is 0 Å². The van der Waals surface area contributed by atoms with Crippen LogP contribution in [0.3, 0.4) is 0 Å². The molecule has 1 aromatic carbocycles. The average Bonchev–Trinajstić information content (AvgIpc) is 2.79. The monoisotopic (exact) mass is 330 g/mol. The number of aromatic hydroxyl groups is 1. The molecular formula is C22H34O2. The second-order valence-corrected chi connectivity index (χ2v) is 8.46. The van der Waals surface area contributed by atoms with E-state index in [1.807, 2.05) is 6.07 Å². The highest BCUT2D eigenvalue weighted by Crippen LogP contribution is 2.56. The maximum absolute atomic E-state index is 10.7. The Morgan fingerprint density at radius 2 is 1.88 bits per heavy atom. The molecule has 2 nitrogen and oxygen atoms in total. The van der Waals surface area contributed by atoms with Crippen LogP contribution in [0, 0.1) is 17.3 Å². The van der Waals surface area contributed by atoms with Gasteiger partial charge in [0.1, 0.15) is 5.75 Å². The van der Waals surface area contributed by atoms with Gasteiger partial charge in [-0.1, -0.05) is 64.5 Å². The molecule has 0 spiro atoms. The number of phenols is 1. The third kappa shape index (κ3) is 3.35. The molecule has 2 heteroatoms. The number of aliphatic hydroxyl groups is 1. The number of aliphatic hydroxyl groups excluding tert-OH is 1. The lowest BCUT2D eigenvalue weighted by Crippen LogP contribution is -2.37. The minimum atomic E-state index is -0.160. The summed E-state index contributed by atoms with van der Waals surface area (Å²) in [6.45, 7) is 4.65. The molecule has 0 bridgehead atoms. The lowest BCUT2D eigenvalue weighted by molar-refractivity contribution is 0.0656. The minimum absolute atomic E-state index is 0.160. The summed E-state index contributed by atoms with van der Waals surface area (Å²) >= 11 is 0. The Kier molecular flexibility index (Phi) is 5.54. The molecule has 134 valence electrons. The van der Waals surface area contributed by atoms with Crippen LogP contribution in [-0.2, 0) is 12.8 Å². The second-order valence-electron chi connectivity index (χ2n) is 8.46. The number of rotatable bonds is 7. The van der Waals surface area contributed by atoms with E-state index in [1.165, 1.54) is 44.1 Å². The highest BCUT2D eigenvalue weighted by atomic mass is 16.3. The van der Waals surface area contributed by atoms with Crippen LogP contribution in [0.15, 0.2) is 18.2 Å². The number of unbranched alkanes of at least 4 members (excludes halogenated alkanes) is 5.